The SMILES string of the molecule is O=C1CCCC(C2CC3CCN2CC3)O1. The highest BCUT2D eigenvalue weighted by molar-refractivity contribution is 5.70. The van der Waals surface area contributed by atoms with Crippen molar-refractivity contribution in [1.29, 1.82) is 0 Å². The molecule has 0 N–H and O–H groups in total. The van der Waals surface area contributed by atoms with Crippen LogP contribution in [0.5, 0.6) is 0 Å². The molecule has 0 radical (unpaired) electrons. The lowest BCUT2D eigenvalue weighted by Gasteiger charge is -2.48. The molecule has 84 valence electrons. The first kappa shape index (κ1) is 9.64. The molecule has 0 saturated carbocycles. The Balaban J connectivity index is 1.68. The summed E-state index contributed by atoms with van der Waals surface area (Å²) in [6.07, 6.45) is 6.92. The monoisotopic (exact) mass is 209 g/mol. The van der Waals surface area contributed by atoms with Crippen LogP contribution in [0.2, 0.25) is 0 Å². The fourth-order valence-corrected chi connectivity index (χ4v) is 3.40. The number of carbonyl (C=O) groups excluding carboxylic acids is 1. The third-order valence-corrected chi connectivity index (χ3v) is 4.27. The van der Waals surface area contributed by atoms with Gasteiger partial charge in [-0.05, 0) is 51.1 Å². The molecule has 0 aromatic carbocycles. The van der Waals surface area contributed by atoms with E-state index in [4.69, 9.17) is 4.74 Å². The number of hydrogen-bond donors (Lipinski definition) is 0. The van der Waals surface area contributed by atoms with Crippen LogP contribution in [-0.4, -0.2) is 36.1 Å². The fourth-order valence-electron chi connectivity index (χ4n) is 3.40. The van der Waals surface area contributed by atoms with Crippen LogP contribution in [0.1, 0.15) is 38.5 Å². The van der Waals surface area contributed by atoms with Crippen LogP contribution in [0.15, 0.2) is 0 Å². The summed E-state index contributed by atoms with van der Waals surface area (Å²) in [4.78, 5) is 13.8. The predicted octanol–water partition coefficient (Wildman–Crippen LogP) is 1.57. The van der Waals surface area contributed by atoms with Crippen LogP contribution in [-0.2, 0) is 9.53 Å². The van der Waals surface area contributed by atoms with Crippen molar-refractivity contribution in [2.75, 3.05) is 13.1 Å². The zero-order chi connectivity index (χ0) is 10.3. The van der Waals surface area contributed by atoms with Gasteiger partial charge in [0.05, 0.1) is 0 Å². The minimum absolute atomic E-state index is 0.0221. The Morgan fingerprint density at radius 3 is 2.60 bits per heavy atom. The molecule has 2 atom stereocenters. The van der Waals surface area contributed by atoms with Crippen molar-refractivity contribution in [3.05, 3.63) is 0 Å². The Hall–Kier alpha value is -0.570. The number of rotatable bonds is 1. The number of carbonyl (C=O) groups is 1. The van der Waals surface area contributed by atoms with Crippen molar-refractivity contribution in [2.45, 2.75) is 50.7 Å². The highest BCUT2D eigenvalue weighted by Gasteiger charge is 2.40. The summed E-state index contributed by atoms with van der Waals surface area (Å²) in [5.41, 5.74) is 0. The van der Waals surface area contributed by atoms with Crippen LogP contribution in [0, 0.1) is 5.92 Å². The number of esters is 1. The van der Waals surface area contributed by atoms with Crippen LogP contribution in [0.3, 0.4) is 0 Å². The summed E-state index contributed by atoms with van der Waals surface area (Å²) in [6.45, 7) is 2.45. The number of ether oxygens (including phenoxy) is 1. The summed E-state index contributed by atoms with van der Waals surface area (Å²) in [7, 11) is 0. The lowest BCUT2D eigenvalue weighted by atomic mass is 9.80. The number of cyclic esters (lactones) is 1. The molecule has 0 aromatic heterocycles. The lowest BCUT2D eigenvalue weighted by molar-refractivity contribution is -0.161. The average Bonchev–Trinajstić information content (AvgIpc) is 2.30. The van der Waals surface area contributed by atoms with E-state index in [0.717, 1.165) is 18.8 Å². The zero-order valence-electron chi connectivity index (χ0n) is 9.15. The van der Waals surface area contributed by atoms with E-state index in [0.29, 0.717) is 12.5 Å². The molecule has 2 bridgehead atoms. The molecule has 3 nitrogen and oxygen atoms in total. The van der Waals surface area contributed by atoms with Crippen molar-refractivity contribution in [1.82, 2.24) is 4.90 Å². The molecule has 4 rings (SSSR count). The maximum Gasteiger partial charge on any atom is 0.306 e. The predicted molar refractivity (Wildman–Crippen MR) is 56.4 cm³/mol. The average molecular weight is 209 g/mol. The van der Waals surface area contributed by atoms with Gasteiger partial charge in [0, 0.05) is 12.5 Å². The Labute approximate surface area is 90.8 Å². The highest BCUT2D eigenvalue weighted by Crippen LogP contribution is 2.36. The van der Waals surface area contributed by atoms with Crippen LogP contribution in [0.4, 0.5) is 0 Å². The normalized spacial score (nSPS) is 45.2. The number of hydrogen-bond acceptors (Lipinski definition) is 3. The second-order valence-corrected chi connectivity index (χ2v) is 5.20. The number of nitrogens with zero attached hydrogens (tertiary/aromatic N) is 1. The molecule has 15 heavy (non-hydrogen) atoms. The van der Waals surface area contributed by atoms with Gasteiger partial charge in [-0.3, -0.25) is 9.69 Å². The summed E-state index contributed by atoms with van der Waals surface area (Å²) in [5.74, 6) is 0.925. The molecular weight excluding hydrogens is 190 g/mol. The van der Waals surface area contributed by atoms with Crippen molar-refractivity contribution in [3.8, 4) is 0 Å². The Kier molecular flexibility index (Phi) is 2.43. The lowest BCUT2D eigenvalue weighted by Crippen LogP contribution is -2.55. The van der Waals surface area contributed by atoms with E-state index in [9.17, 15) is 4.79 Å². The summed E-state index contributed by atoms with van der Waals surface area (Å²) in [5, 5.41) is 0. The van der Waals surface area contributed by atoms with Crippen molar-refractivity contribution in [2.24, 2.45) is 5.92 Å². The standard InChI is InChI=1S/C12H19NO2/c14-12-3-1-2-11(15-12)10-8-9-4-6-13(10)7-5-9/h9-11H,1-8H2. The second kappa shape index (κ2) is 3.78. The molecule has 0 aromatic rings. The first-order valence-corrected chi connectivity index (χ1v) is 6.26. The Morgan fingerprint density at radius 1 is 1.20 bits per heavy atom. The van der Waals surface area contributed by atoms with Gasteiger partial charge in [0.15, 0.2) is 0 Å². The zero-order valence-corrected chi connectivity index (χ0v) is 9.15. The van der Waals surface area contributed by atoms with Gasteiger partial charge in [0.2, 0.25) is 0 Å². The second-order valence-electron chi connectivity index (χ2n) is 5.20. The summed E-state index contributed by atoms with van der Waals surface area (Å²) < 4.78 is 5.50. The Bertz CT molecular complexity index is 258. The number of fused-ring (bicyclic) bond motifs is 3. The molecule has 4 fully saturated rings. The molecule has 0 spiro atoms. The summed E-state index contributed by atoms with van der Waals surface area (Å²) in [6, 6.07) is 0.543. The minimum atomic E-state index is 0.0221. The molecular formula is C12H19NO2. The third-order valence-electron chi connectivity index (χ3n) is 4.27. The van der Waals surface area contributed by atoms with E-state index in [1.165, 1.54) is 32.4 Å². The molecule has 0 amide bonds. The first-order valence-electron chi connectivity index (χ1n) is 6.26. The first-order chi connectivity index (χ1) is 7.33. The quantitative estimate of drug-likeness (QED) is 0.614. The number of piperidine rings is 3. The molecule has 0 aliphatic carbocycles. The fraction of sp³-hybridized carbons (Fsp3) is 0.917. The van der Waals surface area contributed by atoms with E-state index in [2.05, 4.69) is 4.90 Å². The summed E-state index contributed by atoms with van der Waals surface area (Å²) >= 11 is 0. The highest BCUT2D eigenvalue weighted by atomic mass is 16.5. The van der Waals surface area contributed by atoms with Gasteiger partial charge in [0.25, 0.3) is 0 Å². The van der Waals surface area contributed by atoms with E-state index in [1.807, 2.05) is 0 Å². The Morgan fingerprint density at radius 2 is 2.00 bits per heavy atom. The van der Waals surface area contributed by atoms with Gasteiger partial charge in [-0.15, -0.1) is 0 Å². The van der Waals surface area contributed by atoms with Gasteiger partial charge >= 0.3 is 5.97 Å². The van der Waals surface area contributed by atoms with Gasteiger partial charge in [-0.1, -0.05) is 0 Å². The van der Waals surface area contributed by atoms with E-state index in [-0.39, 0.29) is 12.1 Å². The van der Waals surface area contributed by atoms with Gasteiger partial charge in [0.1, 0.15) is 6.10 Å². The van der Waals surface area contributed by atoms with Crippen molar-refractivity contribution in [3.63, 3.8) is 0 Å². The molecule has 4 saturated heterocycles. The molecule has 4 aliphatic heterocycles. The smallest absolute Gasteiger partial charge is 0.306 e. The molecule has 4 heterocycles. The van der Waals surface area contributed by atoms with Crippen molar-refractivity contribution >= 4 is 5.97 Å². The topological polar surface area (TPSA) is 29.5 Å². The molecule has 4 aliphatic rings. The van der Waals surface area contributed by atoms with Crippen LogP contribution < -0.4 is 0 Å². The van der Waals surface area contributed by atoms with E-state index < -0.39 is 0 Å². The largest absolute Gasteiger partial charge is 0.461 e. The molecule has 2 unspecified atom stereocenters. The van der Waals surface area contributed by atoms with Crippen LogP contribution >= 0.6 is 0 Å². The maximum atomic E-state index is 11.3. The van der Waals surface area contributed by atoms with Crippen LogP contribution in [0.25, 0.3) is 0 Å². The van der Waals surface area contributed by atoms with E-state index in [1.54, 1.807) is 0 Å². The third kappa shape index (κ3) is 1.78. The van der Waals surface area contributed by atoms with Crippen molar-refractivity contribution < 1.29 is 9.53 Å². The van der Waals surface area contributed by atoms with Gasteiger partial charge in [-0.25, -0.2) is 0 Å². The molecule has 3 heteroatoms. The van der Waals surface area contributed by atoms with Gasteiger partial charge in [-0.2, -0.15) is 0 Å². The van der Waals surface area contributed by atoms with E-state index >= 15 is 0 Å². The maximum absolute atomic E-state index is 11.3. The minimum Gasteiger partial charge on any atom is -0.461 e. The van der Waals surface area contributed by atoms with Gasteiger partial charge < -0.3 is 4.74 Å².